The molecule has 0 atom stereocenters. The molecular formula is C32H32S4Si. The van der Waals surface area contributed by atoms with Crippen LogP contribution in [0.3, 0.4) is 0 Å². The number of hydrogen-bond donors (Lipinski definition) is 0. The molecule has 188 valence electrons. The van der Waals surface area contributed by atoms with Crippen molar-refractivity contribution in [1.29, 1.82) is 0 Å². The maximum Gasteiger partial charge on any atom is 0.251 e. The molecule has 4 aromatic carbocycles. The topological polar surface area (TPSA) is 0 Å². The normalized spacial score (nSPS) is 11.4. The molecule has 4 rings (SSSR count). The molecule has 0 aliphatic rings. The maximum atomic E-state index is 6.27. The third-order valence-electron chi connectivity index (χ3n) is 6.54. The number of thiocarbonyl (C=S) groups is 2. The van der Waals surface area contributed by atoms with Crippen LogP contribution in [0.4, 0.5) is 0 Å². The number of hydrogen-bond acceptors (Lipinski definition) is 4. The Hall–Kier alpha value is -2.02. The van der Waals surface area contributed by atoms with Crippen LogP contribution in [0.5, 0.6) is 0 Å². The van der Waals surface area contributed by atoms with Gasteiger partial charge in [-0.05, 0) is 74.2 Å². The highest BCUT2D eigenvalue weighted by atomic mass is 32.6. The molecule has 0 bridgehead atoms. The van der Waals surface area contributed by atoms with Crippen LogP contribution in [0, 0.1) is 41.5 Å². The van der Waals surface area contributed by atoms with Gasteiger partial charge in [0, 0.05) is 11.1 Å². The monoisotopic (exact) mass is 572 g/mol. The molecule has 0 N–H and O–H groups in total. The van der Waals surface area contributed by atoms with Gasteiger partial charge in [0.05, 0.1) is 8.39 Å². The second-order valence-corrected chi connectivity index (χ2v) is 20.3. The smallest absolute Gasteiger partial charge is 0.115 e. The Morgan fingerprint density at radius 3 is 1.11 bits per heavy atom. The predicted molar refractivity (Wildman–Crippen MR) is 178 cm³/mol. The lowest BCUT2D eigenvalue weighted by Crippen LogP contribution is -2.54. The van der Waals surface area contributed by atoms with E-state index in [1.165, 1.54) is 54.9 Å². The summed E-state index contributed by atoms with van der Waals surface area (Å²) in [6, 6.07) is 30.7. The summed E-state index contributed by atoms with van der Waals surface area (Å²) in [5.41, 5.74) is 9.83. The Kier molecular flexibility index (Phi) is 8.92. The quantitative estimate of drug-likeness (QED) is 0.168. The maximum absolute atomic E-state index is 6.27. The highest BCUT2D eigenvalue weighted by Crippen LogP contribution is 2.39. The molecule has 0 amide bonds. The first-order chi connectivity index (χ1) is 17.6. The van der Waals surface area contributed by atoms with Gasteiger partial charge in [-0.2, -0.15) is 0 Å². The minimum Gasteiger partial charge on any atom is -0.115 e. The van der Waals surface area contributed by atoms with E-state index < -0.39 is 6.37 Å². The van der Waals surface area contributed by atoms with Crippen LogP contribution < -0.4 is 10.4 Å². The zero-order valence-electron chi connectivity index (χ0n) is 22.2. The highest BCUT2D eigenvalue weighted by Gasteiger charge is 2.43. The van der Waals surface area contributed by atoms with Crippen molar-refractivity contribution in [2.75, 3.05) is 0 Å². The molecule has 0 radical (unpaired) electrons. The molecule has 5 heteroatoms. The molecule has 0 saturated carbocycles. The lowest BCUT2D eigenvalue weighted by molar-refractivity contribution is 1.31. The number of rotatable bonds is 6. The van der Waals surface area contributed by atoms with Crippen molar-refractivity contribution in [1.82, 2.24) is 0 Å². The summed E-state index contributed by atoms with van der Waals surface area (Å²) in [5, 5.41) is 2.62. The standard InChI is InChI=1S/C32H32S4Si/c1-21-17-23(3)29(24(4)18-21)31(33)35-37(27-13-9-7-10-14-27,28-15-11-8-12-16-28)36-32(34)30-25(5)19-22(2)20-26(30)6/h7-20H,1-6H3. The lowest BCUT2D eigenvalue weighted by Gasteiger charge is -2.32. The van der Waals surface area contributed by atoms with Crippen molar-refractivity contribution in [3.05, 3.63) is 129 Å². The first-order valence-corrected chi connectivity index (χ1v) is 18.3. The summed E-state index contributed by atoms with van der Waals surface area (Å²) >= 11 is 16.3. The van der Waals surface area contributed by atoms with Crippen LogP contribution in [-0.4, -0.2) is 14.8 Å². The summed E-state index contributed by atoms with van der Waals surface area (Å²) in [6.07, 6.45) is -2.61. The molecule has 0 fully saturated rings. The Morgan fingerprint density at radius 1 is 0.514 bits per heavy atom. The summed E-state index contributed by atoms with van der Waals surface area (Å²) in [5.74, 6) is 0. The van der Waals surface area contributed by atoms with Gasteiger partial charge in [-0.1, -0.05) is 120 Å². The van der Waals surface area contributed by atoms with Crippen molar-refractivity contribution in [3.63, 3.8) is 0 Å². The van der Waals surface area contributed by atoms with Gasteiger partial charge >= 0.3 is 0 Å². The van der Waals surface area contributed by atoms with Crippen LogP contribution in [0.1, 0.15) is 44.5 Å². The van der Waals surface area contributed by atoms with E-state index >= 15 is 0 Å². The summed E-state index contributed by atoms with van der Waals surface area (Å²) in [4.78, 5) is 0. The van der Waals surface area contributed by atoms with Crippen LogP contribution in [0.15, 0.2) is 84.9 Å². The number of aryl methyl sites for hydroxylation is 6. The van der Waals surface area contributed by atoms with Gasteiger partial charge < -0.3 is 0 Å². The van der Waals surface area contributed by atoms with E-state index in [0.29, 0.717) is 0 Å². The van der Waals surface area contributed by atoms with E-state index in [1.807, 2.05) is 22.4 Å². The fourth-order valence-corrected chi connectivity index (χ4v) is 19.7. The molecule has 0 unspecified atom stereocenters. The van der Waals surface area contributed by atoms with Crippen LogP contribution in [-0.2, 0) is 0 Å². The predicted octanol–water partition coefficient (Wildman–Crippen LogP) is 8.31. The Labute approximate surface area is 241 Å². The summed E-state index contributed by atoms with van der Waals surface area (Å²) in [7, 11) is 0. The van der Waals surface area contributed by atoms with Crippen molar-refractivity contribution >= 4 is 72.0 Å². The van der Waals surface area contributed by atoms with E-state index in [4.69, 9.17) is 24.4 Å². The average molecular weight is 573 g/mol. The average Bonchev–Trinajstić information content (AvgIpc) is 2.83. The van der Waals surface area contributed by atoms with E-state index in [-0.39, 0.29) is 0 Å². The Bertz CT molecular complexity index is 1300. The van der Waals surface area contributed by atoms with Gasteiger partial charge in [-0.15, -0.1) is 22.4 Å². The molecule has 0 spiro atoms. The van der Waals surface area contributed by atoms with Gasteiger partial charge in [0.2, 0.25) is 0 Å². The molecule has 0 aromatic heterocycles. The van der Waals surface area contributed by atoms with E-state index in [0.717, 1.165) is 8.39 Å². The van der Waals surface area contributed by atoms with E-state index in [9.17, 15) is 0 Å². The minimum absolute atomic E-state index is 0.946. The second-order valence-electron chi connectivity index (χ2n) is 9.68. The van der Waals surface area contributed by atoms with Crippen LogP contribution >= 0.6 is 46.9 Å². The summed E-state index contributed by atoms with van der Waals surface area (Å²) in [6.45, 7) is 13.0. The zero-order chi connectivity index (χ0) is 26.7. The fraction of sp³-hybridized carbons (Fsp3) is 0.188. The number of benzene rings is 4. The summed E-state index contributed by atoms with van der Waals surface area (Å²) < 4.78 is 1.89. The third kappa shape index (κ3) is 6.02. The molecule has 0 saturated heterocycles. The molecule has 0 heterocycles. The van der Waals surface area contributed by atoms with Crippen molar-refractivity contribution in [2.24, 2.45) is 0 Å². The molecule has 0 nitrogen and oxygen atoms in total. The van der Waals surface area contributed by atoms with Gasteiger partial charge in [0.15, 0.2) is 0 Å². The van der Waals surface area contributed by atoms with Gasteiger partial charge in [0.25, 0.3) is 6.37 Å². The van der Waals surface area contributed by atoms with Crippen molar-refractivity contribution in [3.8, 4) is 0 Å². The molecule has 0 aliphatic heterocycles. The zero-order valence-corrected chi connectivity index (χ0v) is 26.5. The Morgan fingerprint density at radius 2 is 0.811 bits per heavy atom. The van der Waals surface area contributed by atoms with Gasteiger partial charge in [0.1, 0.15) is 0 Å². The third-order valence-corrected chi connectivity index (χ3v) is 19.2. The second kappa shape index (κ2) is 11.8. The largest absolute Gasteiger partial charge is 0.251 e. The minimum atomic E-state index is -2.61. The Balaban J connectivity index is 1.91. The van der Waals surface area contributed by atoms with Crippen molar-refractivity contribution < 1.29 is 0 Å². The van der Waals surface area contributed by atoms with E-state index in [2.05, 4.69) is 126 Å². The lowest BCUT2D eigenvalue weighted by atomic mass is 10.0. The van der Waals surface area contributed by atoms with E-state index in [1.54, 1.807) is 0 Å². The highest BCUT2D eigenvalue weighted by molar-refractivity contribution is 8.72. The van der Waals surface area contributed by atoms with Gasteiger partial charge in [-0.25, -0.2) is 0 Å². The fourth-order valence-electron chi connectivity index (χ4n) is 5.11. The van der Waals surface area contributed by atoms with Gasteiger partial charge in [-0.3, -0.25) is 0 Å². The molecular weight excluding hydrogens is 541 g/mol. The SMILES string of the molecule is Cc1cc(C)c(C(=S)S[Si](SC(=S)c2c(C)cc(C)cc2C)(c2ccccc2)c2ccccc2)c(C)c1. The van der Waals surface area contributed by atoms with Crippen molar-refractivity contribution in [2.45, 2.75) is 41.5 Å². The van der Waals surface area contributed by atoms with Crippen LogP contribution in [0.2, 0.25) is 0 Å². The molecule has 0 aliphatic carbocycles. The van der Waals surface area contributed by atoms with Crippen LogP contribution in [0.25, 0.3) is 0 Å². The first-order valence-electron chi connectivity index (χ1n) is 12.4. The molecule has 4 aromatic rings. The molecule has 37 heavy (non-hydrogen) atoms. The first kappa shape index (κ1) is 28.0.